The van der Waals surface area contributed by atoms with Crippen LogP contribution in [0.2, 0.25) is 0 Å². The molecule has 1 aliphatic rings. The minimum atomic E-state index is 0. The number of hydrogen-bond donors (Lipinski definition) is 2. The Morgan fingerprint density at radius 1 is 1.32 bits per heavy atom. The SMILES string of the molecule is CCOc1ccccc1CNC(=O)CCC1CCNCC1.Cl. The Balaban J connectivity index is 0.00000242. The number of rotatable bonds is 7. The van der Waals surface area contributed by atoms with Crippen molar-refractivity contribution in [3.8, 4) is 5.75 Å². The maximum atomic E-state index is 12.0. The van der Waals surface area contributed by atoms with Crippen LogP contribution in [0.3, 0.4) is 0 Å². The summed E-state index contributed by atoms with van der Waals surface area (Å²) in [5, 5.41) is 6.36. The Labute approximate surface area is 139 Å². The minimum absolute atomic E-state index is 0. The molecule has 2 N–H and O–H groups in total. The summed E-state index contributed by atoms with van der Waals surface area (Å²) in [5.74, 6) is 1.70. The van der Waals surface area contributed by atoms with E-state index in [-0.39, 0.29) is 18.3 Å². The lowest BCUT2D eigenvalue weighted by atomic mass is 9.93. The number of halogens is 1. The maximum Gasteiger partial charge on any atom is 0.220 e. The third-order valence-electron chi connectivity index (χ3n) is 3.99. The van der Waals surface area contributed by atoms with Crippen LogP contribution in [0.15, 0.2) is 24.3 Å². The second-order valence-electron chi connectivity index (χ2n) is 5.55. The predicted molar refractivity (Wildman–Crippen MR) is 91.5 cm³/mol. The number of para-hydroxylation sites is 1. The van der Waals surface area contributed by atoms with Gasteiger partial charge in [-0.2, -0.15) is 0 Å². The molecule has 124 valence electrons. The summed E-state index contributed by atoms with van der Waals surface area (Å²) in [5.41, 5.74) is 1.04. The van der Waals surface area contributed by atoms with E-state index in [2.05, 4.69) is 10.6 Å². The molecule has 0 saturated carbocycles. The summed E-state index contributed by atoms with van der Waals surface area (Å²) in [6, 6.07) is 7.87. The van der Waals surface area contributed by atoms with Gasteiger partial charge in [-0.25, -0.2) is 0 Å². The van der Waals surface area contributed by atoms with Gasteiger partial charge in [-0.15, -0.1) is 12.4 Å². The van der Waals surface area contributed by atoms with Gasteiger partial charge in [-0.05, 0) is 51.3 Å². The molecule has 1 aromatic carbocycles. The van der Waals surface area contributed by atoms with Crippen molar-refractivity contribution in [3.05, 3.63) is 29.8 Å². The van der Waals surface area contributed by atoms with Gasteiger partial charge in [-0.3, -0.25) is 4.79 Å². The maximum absolute atomic E-state index is 12.0. The van der Waals surface area contributed by atoms with Gasteiger partial charge in [0.05, 0.1) is 6.61 Å². The highest BCUT2D eigenvalue weighted by Crippen LogP contribution is 2.19. The second kappa shape index (κ2) is 10.5. The Bertz CT molecular complexity index is 448. The number of amides is 1. The number of piperidine rings is 1. The fourth-order valence-corrected chi connectivity index (χ4v) is 2.73. The molecule has 0 spiro atoms. The average Bonchev–Trinajstić information content (AvgIpc) is 2.53. The summed E-state index contributed by atoms with van der Waals surface area (Å²) in [6.07, 6.45) is 4.02. The molecule has 5 heteroatoms. The van der Waals surface area contributed by atoms with Crippen LogP contribution in [0.1, 0.15) is 38.2 Å². The van der Waals surface area contributed by atoms with Crippen molar-refractivity contribution in [2.45, 2.75) is 39.2 Å². The first-order chi connectivity index (χ1) is 10.3. The van der Waals surface area contributed by atoms with Crippen molar-refractivity contribution in [2.75, 3.05) is 19.7 Å². The number of hydrogen-bond acceptors (Lipinski definition) is 3. The van der Waals surface area contributed by atoms with Crippen LogP contribution < -0.4 is 15.4 Å². The highest BCUT2D eigenvalue weighted by molar-refractivity contribution is 5.85. The van der Waals surface area contributed by atoms with Crippen LogP contribution >= 0.6 is 12.4 Å². The topological polar surface area (TPSA) is 50.4 Å². The highest BCUT2D eigenvalue weighted by atomic mass is 35.5. The number of ether oxygens (including phenoxy) is 1. The molecule has 4 nitrogen and oxygen atoms in total. The molecule has 1 aromatic rings. The molecular formula is C17H27ClN2O2. The van der Waals surface area contributed by atoms with Crippen molar-refractivity contribution >= 4 is 18.3 Å². The van der Waals surface area contributed by atoms with E-state index in [1.54, 1.807) is 0 Å². The van der Waals surface area contributed by atoms with E-state index >= 15 is 0 Å². The first-order valence-corrected chi connectivity index (χ1v) is 7.97. The van der Waals surface area contributed by atoms with Crippen molar-refractivity contribution in [1.29, 1.82) is 0 Å². The monoisotopic (exact) mass is 326 g/mol. The molecule has 1 saturated heterocycles. The van der Waals surface area contributed by atoms with Crippen molar-refractivity contribution in [3.63, 3.8) is 0 Å². The third-order valence-corrected chi connectivity index (χ3v) is 3.99. The van der Waals surface area contributed by atoms with Crippen LogP contribution in [-0.4, -0.2) is 25.6 Å². The molecule has 0 atom stereocenters. The largest absolute Gasteiger partial charge is 0.494 e. The quantitative estimate of drug-likeness (QED) is 0.810. The summed E-state index contributed by atoms with van der Waals surface area (Å²) in [6.45, 7) is 5.33. The van der Waals surface area contributed by atoms with E-state index in [1.807, 2.05) is 31.2 Å². The van der Waals surface area contributed by atoms with Crippen LogP contribution in [0.4, 0.5) is 0 Å². The Morgan fingerprint density at radius 3 is 2.77 bits per heavy atom. The lowest BCUT2D eigenvalue weighted by Crippen LogP contribution is -2.29. The molecule has 0 aliphatic carbocycles. The lowest BCUT2D eigenvalue weighted by Gasteiger charge is -2.22. The van der Waals surface area contributed by atoms with Gasteiger partial charge in [0.15, 0.2) is 0 Å². The third kappa shape index (κ3) is 6.24. The number of benzene rings is 1. The van der Waals surface area contributed by atoms with Crippen molar-refractivity contribution < 1.29 is 9.53 Å². The summed E-state index contributed by atoms with van der Waals surface area (Å²) < 4.78 is 5.57. The summed E-state index contributed by atoms with van der Waals surface area (Å²) in [7, 11) is 0. The van der Waals surface area contributed by atoms with Gasteiger partial charge in [0.2, 0.25) is 5.91 Å². The van der Waals surface area contributed by atoms with Gasteiger partial charge in [-0.1, -0.05) is 18.2 Å². The summed E-state index contributed by atoms with van der Waals surface area (Å²) in [4.78, 5) is 12.0. The van der Waals surface area contributed by atoms with Gasteiger partial charge in [0.1, 0.15) is 5.75 Å². The first kappa shape index (κ1) is 18.8. The van der Waals surface area contributed by atoms with E-state index in [4.69, 9.17) is 4.74 Å². The molecule has 1 fully saturated rings. The fraction of sp³-hybridized carbons (Fsp3) is 0.588. The van der Waals surface area contributed by atoms with E-state index in [0.29, 0.717) is 25.5 Å². The van der Waals surface area contributed by atoms with Gasteiger partial charge in [0, 0.05) is 18.5 Å². The van der Waals surface area contributed by atoms with Crippen molar-refractivity contribution in [1.82, 2.24) is 10.6 Å². The van der Waals surface area contributed by atoms with Crippen LogP contribution in [0, 0.1) is 5.92 Å². The first-order valence-electron chi connectivity index (χ1n) is 7.97. The molecule has 0 bridgehead atoms. The molecule has 2 rings (SSSR count). The van der Waals surface area contributed by atoms with Gasteiger partial charge < -0.3 is 15.4 Å². The molecule has 0 radical (unpaired) electrons. The van der Waals surface area contributed by atoms with Crippen LogP contribution in [-0.2, 0) is 11.3 Å². The molecule has 0 unspecified atom stereocenters. The zero-order valence-electron chi connectivity index (χ0n) is 13.3. The zero-order chi connectivity index (χ0) is 14.9. The van der Waals surface area contributed by atoms with E-state index in [1.165, 1.54) is 12.8 Å². The summed E-state index contributed by atoms with van der Waals surface area (Å²) >= 11 is 0. The number of nitrogens with one attached hydrogen (secondary N) is 2. The van der Waals surface area contributed by atoms with Crippen molar-refractivity contribution in [2.24, 2.45) is 5.92 Å². The lowest BCUT2D eigenvalue weighted by molar-refractivity contribution is -0.121. The zero-order valence-corrected chi connectivity index (χ0v) is 14.1. The second-order valence-corrected chi connectivity index (χ2v) is 5.55. The van der Waals surface area contributed by atoms with Gasteiger partial charge in [0.25, 0.3) is 0 Å². The average molecular weight is 327 g/mol. The predicted octanol–water partition coefficient (Wildman–Crippen LogP) is 2.90. The highest BCUT2D eigenvalue weighted by Gasteiger charge is 2.14. The molecule has 1 heterocycles. The van der Waals surface area contributed by atoms with Gasteiger partial charge >= 0.3 is 0 Å². The van der Waals surface area contributed by atoms with E-state index < -0.39 is 0 Å². The molecule has 0 aromatic heterocycles. The normalized spacial score (nSPS) is 15.0. The molecule has 1 aliphatic heterocycles. The smallest absolute Gasteiger partial charge is 0.220 e. The van der Waals surface area contributed by atoms with Crippen LogP contribution in [0.5, 0.6) is 5.75 Å². The van der Waals surface area contributed by atoms with Crippen LogP contribution in [0.25, 0.3) is 0 Å². The standard InChI is InChI=1S/C17H26N2O2.ClH/c1-2-21-16-6-4-3-5-15(16)13-19-17(20)8-7-14-9-11-18-12-10-14;/h3-6,14,18H,2,7-13H2,1H3,(H,19,20);1H. The Hall–Kier alpha value is -1.26. The Morgan fingerprint density at radius 2 is 2.05 bits per heavy atom. The van der Waals surface area contributed by atoms with E-state index in [0.717, 1.165) is 30.8 Å². The molecule has 1 amide bonds. The minimum Gasteiger partial charge on any atom is -0.494 e. The molecule has 22 heavy (non-hydrogen) atoms. The number of carbonyl (C=O) groups excluding carboxylic acids is 1. The fourth-order valence-electron chi connectivity index (χ4n) is 2.73. The molecular weight excluding hydrogens is 300 g/mol. The van der Waals surface area contributed by atoms with E-state index in [9.17, 15) is 4.79 Å². The number of carbonyl (C=O) groups is 1. The Kier molecular flexibility index (Phi) is 8.94.